The third-order valence-electron chi connectivity index (χ3n) is 4.67. The van der Waals surface area contributed by atoms with Crippen LogP contribution in [0.3, 0.4) is 0 Å². The van der Waals surface area contributed by atoms with Crippen LogP contribution in [0.2, 0.25) is 0 Å². The molecule has 0 unspecified atom stereocenters. The summed E-state index contributed by atoms with van der Waals surface area (Å²) in [4.78, 5) is 15.6. The Morgan fingerprint density at radius 1 is 1.17 bits per heavy atom. The van der Waals surface area contributed by atoms with Gasteiger partial charge in [-0.1, -0.05) is 0 Å². The lowest BCUT2D eigenvalue weighted by Gasteiger charge is -2.37. The van der Waals surface area contributed by atoms with E-state index in [2.05, 4.69) is 32.9 Å². The van der Waals surface area contributed by atoms with Crippen molar-refractivity contribution in [2.75, 3.05) is 44.0 Å². The van der Waals surface area contributed by atoms with Gasteiger partial charge in [-0.3, -0.25) is 4.90 Å². The minimum absolute atomic E-state index is 0.518. The van der Waals surface area contributed by atoms with Gasteiger partial charge in [0.05, 0.1) is 6.54 Å². The van der Waals surface area contributed by atoms with Crippen LogP contribution in [-0.4, -0.2) is 55.1 Å². The summed E-state index contributed by atoms with van der Waals surface area (Å²) in [6, 6.07) is 6.62. The fourth-order valence-electron chi connectivity index (χ4n) is 3.19. The van der Waals surface area contributed by atoms with Crippen molar-refractivity contribution in [1.82, 2.24) is 14.9 Å². The molecule has 1 aliphatic rings. The number of likely N-dealkylation sites (tertiary alicyclic amines) is 1. The van der Waals surface area contributed by atoms with E-state index < -0.39 is 0 Å². The van der Waals surface area contributed by atoms with Gasteiger partial charge in [0.1, 0.15) is 17.3 Å². The van der Waals surface area contributed by atoms with Crippen molar-refractivity contribution in [3.63, 3.8) is 0 Å². The van der Waals surface area contributed by atoms with E-state index in [9.17, 15) is 0 Å². The average Bonchev–Trinajstić information content (AvgIpc) is 3.00. The standard InChI is InChI=1S/C18H27N5O/c1-14-5-6-16(24-14)13-23-11-8-15(9-12-23)22(4)17-7-10-19-18(20-17)21(2)3/h5-7,10,15H,8-9,11-13H2,1-4H3. The van der Waals surface area contributed by atoms with E-state index in [-0.39, 0.29) is 0 Å². The van der Waals surface area contributed by atoms with Crippen molar-refractivity contribution < 1.29 is 4.42 Å². The highest BCUT2D eigenvalue weighted by Crippen LogP contribution is 2.22. The molecule has 1 saturated heterocycles. The molecule has 0 spiro atoms. The molecule has 0 radical (unpaired) electrons. The van der Waals surface area contributed by atoms with Gasteiger partial charge in [0.15, 0.2) is 0 Å². The number of anilines is 2. The molecule has 3 heterocycles. The van der Waals surface area contributed by atoms with Crippen LogP contribution in [0, 0.1) is 6.92 Å². The predicted octanol–water partition coefficient (Wildman–Crippen LogP) is 2.54. The molecule has 0 aromatic carbocycles. The quantitative estimate of drug-likeness (QED) is 0.840. The Labute approximate surface area is 144 Å². The Balaban J connectivity index is 1.56. The van der Waals surface area contributed by atoms with Gasteiger partial charge in [0, 0.05) is 46.5 Å². The molecule has 24 heavy (non-hydrogen) atoms. The molecule has 6 nitrogen and oxygen atoms in total. The molecular weight excluding hydrogens is 302 g/mol. The Morgan fingerprint density at radius 2 is 1.92 bits per heavy atom. The molecule has 130 valence electrons. The number of rotatable bonds is 5. The Bertz CT molecular complexity index is 661. The first kappa shape index (κ1) is 16.8. The average molecular weight is 329 g/mol. The lowest BCUT2D eigenvalue weighted by atomic mass is 10.0. The van der Waals surface area contributed by atoms with Crippen molar-refractivity contribution in [3.8, 4) is 0 Å². The number of aryl methyl sites for hydroxylation is 1. The highest BCUT2D eigenvalue weighted by molar-refractivity contribution is 5.43. The van der Waals surface area contributed by atoms with Gasteiger partial charge in [-0.2, -0.15) is 4.98 Å². The van der Waals surface area contributed by atoms with Crippen LogP contribution in [0.15, 0.2) is 28.8 Å². The number of aromatic nitrogens is 2. The van der Waals surface area contributed by atoms with Crippen molar-refractivity contribution in [3.05, 3.63) is 35.9 Å². The lowest BCUT2D eigenvalue weighted by molar-refractivity contribution is 0.189. The fourth-order valence-corrected chi connectivity index (χ4v) is 3.19. The smallest absolute Gasteiger partial charge is 0.226 e. The second-order valence-corrected chi connectivity index (χ2v) is 6.74. The monoisotopic (exact) mass is 329 g/mol. The van der Waals surface area contributed by atoms with Crippen LogP contribution >= 0.6 is 0 Å². The van der Waals surface area contributed by atoms with Crippen LogP contribution in [0.4, 0.5) is 11.8 Å². The summed E-state index contributed by atoms with van der Waals surface area (Å²) in [5, 5.41) is 0. The topological polar surface area (TPSA) is 48.6 Å². The molecule has 2 aromatic rings. The molecule has 0 amide bonds. The molecule has 0 atom stereocenters. The van der Waals surface area contributed by atoms with Crippen LogP contribution in [-0.2, 0) is 6.54 Å². The highest BCUT2D eigenvalue weighted by atomic mass is 16.3. The minimum Gasteiger partial charge on any atom is -0.465 e. The van der Waals surface area contributed by atoms with E-state index in [0.717, 1.165) is 55.8 Å². The first-order valence-corrected chi connectivity index (χ1v) is 8.54. The van der Waals surface area contributed by atoms with E-state index in [1.807, 2.05) is 44.2 Å². The number of hydrogen-bond donors (Lipinski definition) is 0. The van der Waals surface area contributed by atoms with Gasteiger partial charge in [0.2, 0.25) is 5.95 Å². The Hall–Kier alpha value is -2.08. The van der Waals surface area contributed by atoms with E-state index >= 15 is 0 Å². The van der Waals surface area contributed by atoms with Crippen LogP contribution in [0.25, 0.3) is 0 Å². The van der Waals surface area contributed by atoms with E-state index in [4.69, 9.17) is 4.42 Å². The van der Waals surface area contributed by atoms with Gasteiger partial charge < -0.3 is 14.2 Å². The van der Waals surface area contributed by atoms with Crippen molar-refractivity contribution in [2.45, 2.75) is 32.4 Å². The molecule has 0 N–H and O–H groups in total. The van der Waals surface area contributed by atoms with Crippen molar-refractivity contribution in [2.24, 2.45) is 0 Å². The summed E-state index contributed by atoms with van der Waals surface area (Å²) in [7, 11) is 6.07. The summed E-state index contributed by atoms with van der Waals surface area (Å²) in [5.41, 5.74) is 0. The molecule has 0 bridgehead atoms. The number of furan rings is 1. The predicted molar refractivity (Wildman–Crippen MR) is 96.5 cm³/mol. The summed E-state index contributed by atoms with van der Waals surface area (Å²) >= 11 is 0. The molecule has 1 fully saturated rings. The first-order valence-electron chi connectivity index (χ1n) is 8.54. The second-order valence-electron chi connectivity index (χ2n) is 6.74. The SMILES string of the molecule is Cc1ccc(CN2CCC(N(C)c3ccnc(N(C)C)n3)CC2)o1. The summed E-state index contributed by atoms with van der Waals surface area (Å²) in [5.74, 6) is 3.80. The number of piperidine rings is 1. The molecule has 1 aliphatic heterocycles. The normalized spacial score (nSPS) is 16.3. The zero-order valence-electron chi connectivity index (χ0n) is 15.1. The minimum atomic E-state index is 0.518. The van der Waals surface area contributed by atoms with Crippen LogP contribution < -0.4 is 9.80 Å². The van der Waals surface area contributed by atoms with E-state index in [1.165, 1.54) is 0 Å². The third-order valence-corrected chi connectivity index (χ3v) is 4.67. The van der Waals surface area contributed by atoms with Crippen molar-refractivity contribution in [1.29, 1.82) is 0 Å². The summed E-state index contributed by atoms with van der Waals surface area (Å²) in [6.07, 6.45) is 4.11. The van der Waals surface area contributed by atoms with Crippen LogP contribution in [0.1, 0.15) is 24.4 Å². The fraction of sp³-hybridized carbons (Fsp3) is 0.556. The van der Waals surface area contributed by atoms with Gasteiger partial charge in [0.25, 0.3) is 0 Å². The third kappa shape index (κ3) is 3.87. The van der Waals surface area contributed by atoms with Gasteiger partial charge in [-0.25, -0.2) is 4.98 Å². The maximum atomic E-state index is 5.69. The van der Waals surface area contributed by atoms with Crippen molar-refractivity contribution >= 4 is 11.8 Å². The molecular formula is C18H27N5O. The summed E-state index contributed by atoms with van der Waals surface area (Å²) in [6.45, 7) is 5.07. The highest BCUT2D eigenvalue weighted by Gasteiger charge is 2.24. The largest absolute Gasteiger partial charge is 0.465 e. The second kappa shape index (κ2) is 7.21. The molecule has 6 heteroatoms. The molecule has 2 aromatic heterocycles. The number of nitrogens with zero attached hydrogens (tertiary/aromatic N) is 5. The zero-order valence-corrected chi connectivity index (χ0v) is 15.1. The van der Waals surface area contributed by atoms with Crippen LogP contribution in [0.5, 0.6) is 0 Å². The molecule has 3 rings (SSSR count). The summed E-state index contributed by atoms with van der Waals surface area (Å²) < 4.78 is 5.69. The Kier molecular flexibility index (Phi) is 5.04. The maximum absolute atomic E-state index is 5.69. The lowest BCUT2D eigenvalue weighted by Crippen LogP contribution is -2.43. The van der Waals surface area contributed by atoms with E-state index in [1.54, 1.807) is 0 Å². The molecule has 0 aliphatic carbocycles. The maximum Gasteiger partial charge on any atom is 0.226 e. The van der Waals surface area contributed by atoms with E-state index in [0.29, 0.717) is 6.04 Å². The molecule has 0 saturated carbocycles. The van der Waals surface area contributed by atoms with Gasteiger partial charge in [-0.05, 0) is 38.0 Å². The van der Waals surface area contributed by atoms with Gasteiger partial charge in [-0.15, -0.1) is 0 Å². The van der Waals surface area contributed by atoms with Gasteiger partial charge >= 0.3 is 0 Å². The zero-order chi connectivity index (χ0) is 17.1. The number of hydrogen-bond acceptors (Lipinski definition) is 6. The first-order chi connectivity index (χ1) is 11.5. The Morgan fingerprint density at radius 3 is 2.54 bits per heavy atom.